The van der Waals surface area contributed by atoms with Crippen LogP contribution < -0.4 is 5.63 Å². The molecule has 4 heteroatoms. The van der Waals surface area contributed by atoms with Gasteiger partial charge in [0.15, 0.2) is 0 Å². The first kappa shape index (κ1) is 12.8. The van der Waals surface area contributed by atoms with Gasteiger partial charge >= 0.3 is 5.63 Å². The summed E-state index contributed by atoms with van der Waals surface area (Å²) in [4.78, 5) is 12.1. The number of benzene rings is 2. The standard InChI is InChI=1S/C16H12O3S/c17-16-15(10-13-8-4-5-9-14(13)19-16)20(18)11-12-6-2-1-3-7-12/h1-10H,11H2. The van der Waals surface area contributed by atoms with Crippen molar-refractivity contribution in [2.75, 3.05) is 0 Å². The van der Waals surface area contributed by atoms with Gasteiger partial charge in [0.05, 0.1) is 16.6 Å². The Morgan fingerprint density at radius 3 is 2.45 bits per heavy atom. The zero-order chi connectivity index (χ0) is 13.9. The predicted octanol–water partition coefficient (Wildman–Crippen LogP) is 3.10. The van der Waals surface area contributed by atoms with E-state index in [2.05, 4.69) is 0 Å². The summed E-state index contributed by atoms with van der Waals surface area (Å²) >= 11 is 0. The van der Waals surface area contributed by atoms with Crippen LogP contribution in [-0.4, -0.2) is 4.21 Å². The van der Waals surface area contributed by atoms with Gasteiger partial charge in [-0.3, -0.25) is 4.21 Å². The fourth-order valence-electron chi connectivity index (χ4n) is 2.01. The van der Waals surface area contributed by atoms with Gasteiger partial charge in [-0.2, -0.15) is 0 Å². The van der Waals surface area contributed by atoms with Gasteiger partial charge in [0.25, 0.3) is 0 Å². The second-order valence-corrected chi connectivity index (χ2v) is 5.83. The smallest absolute Gasteiger partial charge is 0.352 e. The van der Waals surface area contributed by atoms with Crippen molar-refractivity contribution in [2.24, 2.45) is 0 Å². The molecule has 3 nitrogen and oxygen atoms in total. The topological polar surface area (TPSA) is 47.3 Å². The second kappa shape index (κ2) is 5.43. The van der Waals surface area contributed by atoms with E-state index >= 15 is 0 Å². The van der Waals surface area contributed by atoms with Crippen LogP contribution in [0.4, 0.5) is 0 Å². The van der Waals surface area contributed by atoms with E-state index in [1.54, 1.807) is 18.2 Å². The van der Waals surface area contributed by atoms with Crippen molar-refractivity contribution >= 4 is 21.8 Å². The molecule has 0 amide bonds. The van der Waals surface area contributed by atoms with E-state index in [-0.39, 0.29) is 4.90 Å². The molecule has 3 aromatic rings. The first-order chi connectivity index (χ1) is 9.74. The molecule has 1 unspecified atom stereocenters. The van der Waals surface area contributed by atoms with Crippen molar-refractivity contribution in [3.8, 4) is 0 Å². The quantitative estimate of drug-likeness (QED) is 0.694. The Bertz CT molecular complexity index is 822. The highest BCUT2D eigenvalue weighted by atomic mass is 32.2. The Hall–Kier alpha value is -2.20. The summed E-state index contributed by atoms with van der Waals surface area (Å²) in [6, 6.07) is 18.3. The molecule has 0 aliphatic carbocycles. The van der Waals surface area contributed by atoms with Crippen molar-refractivity contribution in [1.29, 1.82) is 0 Å². The molecule has 0 aliphatic rings. The number of rotatable bonds is 3. The molecule has 0 spiro atoms. The molecule has 0 aliphatic heterocycles. The monoisotopic (exact) mass is 284 g/mol. The minimum atomic E-state index is -1.41. The van der Waals surface area contributed by atoms with E-state index in [0.29, 0.717) is 11.3 Å². The Morgan fingerprint density at radius 1 is 0.950 bits per heavy atom. The van der Waals surface area contributed by atoms with E-state index in [0.717, 1.165) is 10.9 Å². The second-order valence-electron chi connectivity index (χ2n) is 4.41. The molecule has 0 radical (unpaired) electrons. The van der Waals surface area contributed by atoms with Crippen molar-refractivity contribution in [1.82, 2.24) is 0 Å². The third-order valence-corrected chi connectivity index (χ3v) is 4.37. The summed E-state index contributed by atoms with van der Waals surface area (Å²) in [5.41, 5.74) is 0.911. The number of hydrogen-bond donors (Lipinski definition) is 0. The van der Waals surface area contributed by atoms with Crippen LogP contribution in [0.2, 0.25) is 0 Å². The zero-order valence-corrected chi connectivity index (χ0v) is 11.4. The molecular formula is C16H12O3S. The molecule has 1 heterocycles. The van der Waals surface area contributed by atoms with Crippen molar-refractivity contribution in [2.45, 2.75) is 10.6 Å². The third kappa shape index (κ3) is 2.56. The van der Waals surface area contributed by atoms with Crippen LogP contribution >= 0.6 is 0 Å². The summed E-state index contributed by atoms with van der Waals surface area (Å²) in [5.74, 6) is 0.309. The molecule has 1 atom stereocenters. The summed E-state index contributed by atoms with van der Waals surface area (Å²) in [6.07, 6.45) is 0. The molecule has 3 rings (SSSR count). The highest BCUT2D eigenvalue weighted by molar-refractivity contribution is 7.84. The van der Waals surface area contributed by atoms with E-state index < -0.39 is 16.4 Å². The molecule has 20 heavy (non-hydrogen) atoms. The van der Waals surface area contributed by atoms with Crippen LogP contribution in [0, 0.1) is 0 Å². The average molecular weight is 284 g/mol. The zero-order valence-electron chi connectivity index (χ0n) is 10.6. The molecule has 0 bridgehead atoms. The van der Waals surface area contributed by atoms with Crippen LogP contribution in [0.15, 0.2) is 74.8 Å². The maximum Gasteiger partial charge on any atom is 0.352 e. The minimum Gasteiger partial charge on any atom is -0.422 e. The maximum atomic E-state index is 12.3. The lowest BCUT2D eigenvalue weighted by atomic mass is 10.2. The molecule has 0 fully saturated rings. The normalized spacial score (nSPS) is 12.4. The summed E-state index contributed by atoms with van der Waals surface area (Å²) in [6.45, 7) is 0. The third-order valence-electron chi connectivity index (χ3n) is 3.00. The van der Waals surface area contributed by atoms with E-state index in [4.69, 9.17) is 4.42 Å². The summed E-state index contributed by atoms with van der Waals surface area (Å²) < 4.78 is 17.5. The predicted molar refractivity (Wildman–Crippen MR) is 79.0 cm³/mol. The maximum absolute atomic E-state index is 12.3. The largest absolute Gasteiger partial charge is 0.422 e. The molecule has 2 aromatic carbocycles. The molecular weight excluding hydrogens is 272 g/mol. The van der Waals surface area contributed by atoms with Gasteiger partial charge in [0.2, 0.25) is 0 Å². The van der Waals surface area contributed by atoms with Gasteiger partial charge < -0.3 is 4.42 Å². The highest BCUT2D eigenvalue weighted by Gasteiger charge is 2.12. The lowest BCUT2D eigenvalue weighted by molar-refractivity contribution is 0.541. The Morgan fingerprint density at radius 2 is 1.65 bits per heavy atom. The molecule has 0 saturated heterocycles. The Balaban J connectivity index is 1.99. The van der Waals surface area contributed by atoms with Gasteiger partial charge in [-0.05, 0) is 17.7 Å². The number of hydrogen-bond acceptors (Lipinski definition) is 3. The highest BCUT2D eigenvalue weighted by Crippen LogP contribution is 2.16. The van der Waals surface area contributed by atoms with E-state index in [1.165, 1.54) is 0 Å². The van der Waals surface area contributed by atoms with Gasteiger partial charge in [-0.1, -0.05) is 48.5 Å². The minimum absolute atomic E-state index is 0.215. The first-order valence-corrected chi connectivity index (χ1v) is 7.51. The van der Waals surface area contributed by atoms with E-state index in [9.17, 15) is 9.00 Å². The fraction of sp³-hybridized carbons (Fsp3) is 0.0625. The van der Waals surface area contributed by atoms with Crippen LogP contribution in [-0.2, 0) is 16.6 Å². The molecule has 0 saturated carbocycles. The van der Waals surface area contributed by atoms with Crippen LogP contribution in [0.1, 0.15) is 5.56 Å². The van der Waals surface area contributed by atoms with Crippen molar-refractivity contribution < 1.29 is 8.63 Å². The lowest BCUT2D eigenvalue weighted by Crippen LogP contribution is -2.10. The van der Waals surface area contributed by atoms with Crippen LogP contribution in [0.5, 0.6) is 0 Å². The number of fused-ring (bicyclic) bond motifs is 1. The first-order valence-electron chi connectivity index (χ1n) is 6.19. The van der Waals surface area contributed by atoms with Crippen molar-refractivity contribution in [3.63, 3.8) is 0 Å². The van der Waals surface area contributed by atoms with Gasteiger partial charge in [-0.25, -0.2) is 4.79 Å². The average Bonchev–Trinajstić information content (AvgIpc) is 2.47. The fourth-order valence-corrected chi connectivity index (χ4v) is 3.14. The SMILES string of the molecule is O=c1oc2ccccc2cc1S(=O)Cc1ccccc1. The van der Waals surface area contributed by atoms with Crippen molar-refractivity contribution in [3.05, 3.63) is 76.6 Å². The summed E-state index contributed by atoms with van der Waals surface area (Å²) in [7, 11) is -1.41. The Kier molecular flexibility index (Phi) is 3.48. The summed E-state index contributed by atoms with van der Waals surface area (Å²) in [5, 5.41) is 0.781. The van der Waals surface area contributed by atoms with Crippen LogP contribution in [0.3, 0.4) is 0 Å². The lowest BCUT2D eigenvalue weighted by Gasteiger charge is -2.03. The van der Waals surface area contributed by atoms with Gasteiger partial charge in [-0.15, -0.1) is 0 Å². The Labute approximate surface area is 118 Å². The molecule has 1 aromatic heterocycles. The van der Waals surface area contributed by atoms with Crippen LogP contribution in [0.25, 0.3) is 11.0 Å². The van der Waals surface area contributed by atoms with Gasteiger partial charge in [0, 0.05) is 5.39 Å². The van der Waals surface area contributed by atoms with Gasteiger partial charge in [0.1, 0.15) is 10.5 Å². The van der Waals surface area contributed by atoms with E-state index in [1.807, 2.05) is 42.5 Å². The molecule has 0 N–H and O–H groups in total. The molecule has 100 valence electrons. The number of para-hydroxylation sites is 1.